The molecule has 134 valence electrons. The smallest absolute Gasteiger partial charge is 0.355 e. The highest BCUT2D eigenvalue weighted by Crippen LogP contribution is 2.29. The summed E-state index contributed by atoms with van der Waals surface area (Å²) in [4.78, 5) is 19.9. The number of carbonyl (C=O) groups is 1. The van der Waals surface area contributed by atoms with E-state index < -0.39 is 17.8 Å². The molecule has 0 aliphatic carbocycles. The molecule has 1 fully saturated rings. The second-order valence-corrected chi connectivity index (χ2v) is 6.34. The van der Waals surface area contributed by atoms with Crippen molar-refractivity contribution in [3.05, 3.63) is 23.9 Å². The first-order valence-corrected chi connectivity index (χ1v) is 8.02. The third kappa shape index (κ3) is 4.37. The van der Waals surface area contributed by atoms with Gasteiger partial charge in [-0.15, -0.1) is 0 Å². The van der Waals surface area contributed by atoms with Crippen molar-refractivity contribution in [2.45, 2.75) is 32.5 Å². The third-order valence-electron chi connectivity index (χ3n) is 4.21. The van der Waals surface area contributed by atoms with Crippen LogP contribution in [0.5, 0.6) is 0 Å². The monoisotopic (exact) mass is 344 g/mol. The lowest BCUT2D eigenvalue weighted by atomic mass is 10.0. The number of pyridine rings is 1. The van der Waals surface area contributed by atoms with Gasteiger partial charge in [0, 0.05) is 32.4 Å². The van der Waals surface area contributed by atoms with E-state index in [0.29, 0.717) is 32.0 Å². The SMILES string of the molecule is CC(C)[C@H](N)C(=O)N1CCCN(c2ccc(C(F)(F)F)cn2)CC1. The van der Waals surface area contributed by atoms with E-state index in [-0.39, 0.29) is 11.8 Å². The fourth-order valence-electron chi connectivity index (χ4n) is 2.60. The molecule has 1 atom stereocenters. The second-order valence-electron chi connectivity index (χ2n) is 6.34. The van der Waals surface area contributed by atoms with Crippen LogP contribution in [-0.2, 0) is 11.0 Å². The molecule has 1 aliphatic heterocycles. The van der Waals surface area contributed by atoms with Crippen LogP contribution in [-0.4, -0.2) is 48.0 Å². The predicted molar refractivity (Wildman–Crippen MR) is 85.5 cm³/mol. The second kappa shape index (κ2) is 7.38. The van der Waals surface area contributed by atoms with Gasteiger partial charge in [-0.25, -0.2) is 4.98 Å². The number of halogens is 3. The van der Waals surface area contributed by atoms with Crippen LogP contribution in [0.15, 0.2) is 18.3 Å². The van der Waals surface area contributed by atoms with Crippen LogP contribution >= 0.6 is 0 Å². The first kappa shape index (κ1) is 18.5. The summed E-state index contributed by atoms with van der Waals surface area (Å²) in [6, 6.07) is 1.88. The molecule has 2 heterocycles. The Morgan fingerprint density at radius 2 is 1.92 bits per heavy atom. The lowest BCUT2D eigenvalue weighted by molar-refractivity contribution is -0.138. The predicted octanol–water partition coefficient (Wildman–Crippen LogP) is 2.12. The molecule has 1 amide bonds. The number of hydrogen-bond donors (Lipinski definition) is 1. The number of aromatic nitrogens is 1. The van der Waals surface area contributed by atoms with E-state index in [1.54, 1.807) is 4.90 Å². The fourth-order valence-corrected chi connectivity index (χ4v) is 2.60. The van der Waals surface area contributed by atoms with Crippen molar-refractivity contribution >= 4 is 11.7 Å². The Morgan fingerprint density at radius 1 is 1.21 bits per heavy atom. The van der Waals surface area contributed by atoms with Gasteiger partial charge in [0.15, 0.2) is 0 Å². The molecule has 0 spiro atoms. The maximum absolute atomic E-state index is 12.6. The zero-order valence-corrected chi connectivity index (χ0v) is 13.9. The molecule has 0 bridgehead atoms. The van der Waals surface area contributed by atoms with E-state index in [1.165, 1.54) is 6.07 Å². The normalized spacial score (nSPS) is 17.8. The van der Waals surface area contributed by atoms with Gasteiger partial charge in [0.2, 0.25) is 5.91 Å². The molecule has 1 aromatic rings. The van der Waals surface area contributed by atoms with Crippen LogP contribution in [0.25, 0.3) is 0 Å². The molecule has 5 nitrogen and oxygen atoms in total. The summed E-state index contributed by atoms with van der Waals surface area (Å²) >= 11 is 0. The molecule has 0 unspecified atom stereocenters. The number of hydrogen-bond acceptors (Lipinski definition) is 4. The zero-order valence-electron chi connectivity index (χ0n) is 13.9. The maximum Gasteiger partial charge on any atom is 0.417 e. The third-order valence-corrected chi connectivity index (χ3v) is 4.21. The number of amides is 1. The Balaban J connectivity index is 2.02. The molecular formula is C16H23F3N4O. The van der Waals surface area contributed by atoms with Crippen LogP contribution in [0, 0.1) is 5.92 Å². The topological polar surface area (TPSA) is 62.5 Å². The van der Waals surface area contributed by atoms with Crippen molar-refractivity contribution in [1.29, 1.82) is 0 Å². The first-order chi connectivity index (χ1) is 11.2. The van der Waals surface area contributed by atoms with Crippen molar-refractivity contribution in [1.82, 2.24) is 9.88 Å². The number of anilines is 1. The summed E-state index contributed by atoms with van der Waals surface area (Å²) in [6.07, 6.45) is -2.82. The average Bonchev–Trinajstić information content (AvgIpc) is 2.78. The standard InChI is InChI=1S/C16H23F3N4O/c1-11(2)14(20)15(24)23-7-3-6-22(8-9-23)13-5-4-12(10-21-13)16(17,18)19/h4-5,10-11,14H,3,6-9,20H2,1-2H3/t14-/m0/s1. The van der Waals surface area contributed by atoms with Crippen molar-refractivity contribution in [2.24, 2.45) is 11.7 Å². The molecule has 2 rings (SSSR count). The lowest BCUT2D eigenvalue weighted by Gasteiger charge is -2.26. The van der Waals surface area contributed by atoms with Gasteiger partial charge in [-0.3, -0.25) is 4.79 Å². The summed E-state index contributed by atoms with van der Waals surface area (Å²) in [5.74, 6) is 0.478. The van der Waals surface area contributed by atoms with Crippen LogP contribution in [0.2, 0.25) is 0 Å². The summed E-state index contributed by atoms with van der Waals surface area (Å²) in [6.45, 7) is 6.05. The number of nitrogens with two attached hydrogens (primary N) is 1. The van der Waals surface area contributed by atoms with Gasteiger partial charge >= 0.3 is 6.18 Å². The van der Waals surface area contributed by atoms with E-state index in [9.17, 15) is 18.0 Å². The number of carbonyl (C=O) groups excluding carboxylic acids is 1. The molecule has 1 saturated heterocycles. The lowest BCUT2D eigenvalue weighted by Crippen LogP contribution is -2.47. The number of alkyl halides is 3. The van der Waals surface area contributed by atoms with E-state index in [4.69, 9.17) is 5.73 Å². The van der Waals surface area contributed by atoms with E-state index >= 15 is 0 Å². The number of nitrogens with zero attached hydrogens (tertiary/aromatic N) is 3. The molecule has 0 aromatic carbocycles. The summed E-state index contributed by atoms with van der Waals surface area (Å²) < 4.78 is 37.8. The first-order valence-electron chi connectivity index (χ1n) is 8.02. The quantitative estimate of drug-likeness (QED) is 0.912. The molecule has 1 aliphatic rings. The van der Waals surface area contributed by atoms with Crippen molar-refractivity contribution in [3.8, 4) is 0 Å². The van der Waals surface area contributed by atoms with E-state index in [2.05, 4.69) is 4.98 Å². The highest BCUT2D eigenvalue weighted by Gasteiger charge is 2.31. The van der Waals surface area contributed by atoms with Crippen LogP contribution in [0.1, 0.15) is 25.8 Å². The Labute approximate surface area is 139 Å². The van der Waals surface area contributed by atoms with E-state index in [1.807, 2.05) is 18.7 Å². The molecule has 1 aromatic heterocycles. The van der Waals surface area contributed by atoms with Gasteiger partial charge in [0.25, 0.3) is 0 Å². The minimum Gasteiger partial charge on any atom is -0.355 e. The highest BCUT2D eigenvalue weighted by molar-refractivity contribution is 5.82. The molecule has 0 saturated carbocycles. The van der Waals surface area contributed by atoms with Gasteiger partial charge in [-0.05, 0) is 24.5 Å². The van der Waals surface area contributed by atoms with Crippen LogP contribution in [0.4, 0.5) is 19.0 Å². The van der Waals surface area contributed by atoms with Crippen LogP contribution < -0.4 is 10.6 Å². The van der Waals surface area contributed by atoms with Gasteiger partial charge in [0.05, 0.1) is 11.6 Å². The molecule has 0 radical (unpaired) electrons. The summed E-state index contributed by atoms with van der Waals surface area (Å²) in [5, 5.41) is 0. The molecule has 8 heteroatoms. The Bertz CT molecular complexity index is 559. The Kier molecular flexibility index (Phi) is 5.69. The van der Waals surface area contributed by atoms with E-state index in [0.717, 1.165) is 18.7 Å². The average molecular weight is 344 g/mol. The summed E-state index contributed by atoms with van der Waals surface area (Å²) in [7, 11) is 0. The van der Waals surface area contributed by atoms with Crippen LogP contribution in [0.3, 0.4) is 0 Å². The minimum absolute atomic E-state index is 0.0634. The molecular weight excluding hydrogens is 321 g/mol. The van der Waals surface area contributed by atoms with Gasteiger partial charge in [0.1, 0.15) is 5.82 Å². The van der Waals surface area contributed by atoms with Crippen molar-refractivity contribution in [3.63, 3.8) is 0 Å². The molecule has 2 N–H and O–H groups in total. The minimum atomic E-state index is -4.39. The van der Waals surface area contributed by atoms with Gasteiger partial charge in [-0.1, -0.05) is 13.8 Å². The van der Waals surface area contributed by atoms with Gasteiger partial charge in [-0.2, -0.15) is 13.2 Å². The molecule has 24 heavy (non-hydrogen) atoms. The number of rotatable bonds is 3. The highest BCUT2D eigenvalue weighted by atomic mass is 19.4. The largest absolute Gasteiger partial charge is 0.417 e. The Hall–Kier alpha value is -1.83. The maximum atomic E-state index is 12.6. The summed E-state index contributed by atoms with van der Waals surface area (Å²) in [5.41, 5.74) is 5.16. The van der Waals surface area contributed by atoms with Crippen molar-refractivity contribution in [2.75, 3.05) is 31.1 Å². The fraction of sp³-hybridized carbons (Fsp3) is 0.625. The van der Waals surface area contributed by atoms with Gasteiger partial charge < -0.3 is 15.5 Å². The Morgan fingerprint density at radius 3 is 2.46 bits per heavy atom. The van der Waals surface area contributed by atoms with Crippen molar-refractivity contribution < 1.29 is 18.0 Å². The zero-order chi connectivity index (χ0) is 17.9.